The molecule has 0 aliphatic heterocycles. The van der Waals surface area contributed by atoms with Gasteiger partial charge in [-0.1, -0.05) is 31.2 Å². The summed E-state index contributed by atoms with van der Waals surface area (Å²) < 4.78 is 1.10. The zero-order chi connectivity index (χ0) is 11.5. The lowest BCUT2D eigenvalue weighted by atomic mass is 10.0. The largest absolute Gasteiger partial charge is 0.146 e. The van der Waals surface area contributed by atoms with Gasteiger partial charge in [0.05, 0.1) is 5.38 Å². The highest BCUT2D eigenvalue weighted by Gasteiger charge is 2.17. The van der Waals surface area contributed by atoms with E-state index in [2.05, 4.69) is 46.4 Å². The average molecular weight is 316 g/mol. The first kappa shape index (κ1) is 12.2. The van der Waals surface area contributed by atoms with Crippen LogP contribution in [-0.4, -0.2) is 0 Å². The van der Waals surface area contributed by atoms with E-state index in [1.807, 2.05) is 12.1 Å². The van der Waals surface area contributed by atoms with Crippen LogP contribution in [0.15, 0.2) is 40.2 Å². The van der Waals surface area contributed by atoms with Crippen molar-refractivity contribution in [1.29, 1.82) is 0 Å². The molecule has 0 radical (unpaired) electrons. The molecule has 0 spiro atoms. The number of halogens is 2. The Balaban J connectivity index is 2.41. The molecule has 1 aromatic carbocycles. The molecule has 3 heteroatoms. The van der Waals surface area contributed by atoms with Gasteiger partial charge in [-0.25, -0.2) is 0 Å². The van der Waals surface area contributed by atoms with Gasteiger partial charge in [0.25, 0.3) is 0 Å². The van der Waals surface area contributed by atoms with E-state index < -0.39 is 0 Å². The van der Waals surface area contributed by atoms with Crippen molar-refractivity contribution in [3.63, 3.8) is 0 Å². The third-order valence-electron chi connectivity index (χ3n) is 2.58. The SMILES string of the molecule is CCc1ccccc1C(Cl)c1sccc1Br. The van der Waals surface area contributed by atoms with Crippen molar-refractivity contribution in [2.24, 2.45) is 0 Å². The predicted molar refractivity (Wildman–Crippen MR) is 75.5 cm³/mol. The molecule has 1 unspecified atom stereocenters. The molecule has 0 aliphatic rings. The molecule has 16 heavy (non-hydrogen) atoms. The van der Waals surface area contributed by atoms with Crippen LogP contribution in [0.4, 0.5) is 0 Å². The van der Waals surface area contributed by atoms with Crippen molar-refractivity contribution < 1.29 is 0 Å². The Kier molecular flexibility index (Phi) is 4.06. The van der Waals surface area contributed by atoms with Crippen LogP contribution in [0.5, 0.6) is 0 Å². The summed E-state index contributed by atoms with van der Waals surface area (Å²) in [7, 11) is 0. The van der Waals surface area contributed by atoms with E-state index in [4.69, 9.17) is 11.6 Å². The van der Waals surface area contributed by atoms with Gasteiger partial charge in [0.15, 0.2) is 0 Å². The lowest BCUT2D eigenvalue weighted by molar-refractivity contribution is 1.05. The molecule has 0 saturated heterocycles. The van der Waals surface area contributed by atoms with E-state index in [9.17, 15) is 0 Å². The minimum Gasteiger partial charge on any atom is -0.146 e. The molecular weight excluding hydrogens is 304 g/mol. The summed E-state index contributed by atoms with van der Waals surface area (Å²) >= 11 is 11.8. The molecule has 1 aromatic heterocycles. The van der Waals surface area contributed by atoms with Gasteiger partial charge in [0, 0.05) is 9.35 Å². The van der Waals surface area contributed by atoms with Crippen LogP contribution in [0.1, 0.15) is 28.3 Å². The molecular formula is C13H12BrClS. The molecule has 0 saturated carbocycles. The smallest absolute Gasteiger partial charge is 0.0941 e. The topological polar surface area (TPSA) is 0 Å². The van der Waals surface area contributed by atoms with Gasteiger partial charge in [0.2, 0.25) is 0 Å². The van der Waals surface area contributed by atoms with Crippen LogP contribution < -0.4 is 0 Å². The Morgan fingerprint density at radius 2 is 2.06 bits per heavy atom. The highest BCUT2D eigenvalue weighted by atomic mass is 79.9. The fourth-order valence-electron chi connectivity index (χ4n) is 1.73. The lowest BCUT2D eigenvalue weighted by Gasteiger charge is -2.13. The number of hydrogen-bond acceptors (Lipinski definition) is 1. The van der Waals surface area contributed by atoms with E-state index in [-0.39, 0.29) is 5.38 Å². The lowest BCUT2D eigenvalue weighted by Crippen LogP contribution is -1.96. The first-order valence-corrected chi connectivity index (χ1v) is 7.29. The van der Waals surface area contributed by atoms with Crippen LogP contribution in [-0.2, 0) is 6.42 Å². The summed E-state index contributed by atoms with van der Waals surface area (Å²) in [6.45, 7) is 2.16. The van der Waals surface area contributed by atoms with Crippen molar-refractivity contribution in [2.75, 3.05) is 0 Å². The number of hydrogen-bond donors (Lipinski definition) is 0. The fraction of sp³-hybridized carbons (Fsp3) is 0.231. The van der Waals surface area contributed by atoms with Crippen LogP contribution >= 0.6 is 38.9 Å². The van der Waals surface area contributed by atoms with Gasteiger partial charge in [-0.15, -0.1) is 22.9 Å². The summed E-state index contributed by atoms with van der Waals surface area (Å²) in [5.41, 5.74) is 2.54. The van der Waals surface area contributed by atoms with E-state index in [0.29, 0.717) is 0 Å². The Bertz CT molecular complexity index is 478. The molecule has 1 heterocycles. The normalized spacial score (nSPS) is 12.7. The predicted octanol–water partition coefficient (Wildman–Crippen LogP) is 5.40. The Morgan fingerprint density at radius 3 is 2.69 bits per heavy atom. The molecule has 2 rings (SSSR count). The highest BCUT2D eigenvalue weighted by molar-refractivity contribution is 9.10. The molecule has 0 fully saturated rings. The molecule has 0 bridgehead atoms. The monoisotopic (exact) mass is 314 g/mol. The Labute approximate surface area is 113 Å². The van der Waals surface area contributed by atoms with Gasteiger partial charge in [-0.05, 0) is 44.9 Å². The van der Waals surface area contributed by atoms with Crippen LogP contribution in [0.3, 0.4) is 0 Å². The van der Waals surface area contributed by atoms with E-state index >= 15 is 0 Å². The summed E-state index contributed by atoms with van der Waals surface area (Å²) in [5.74, 6) is 0. The maximum atomic E-state index is 6.54. The number of alkyl halides is 1. The maximum Gasteiger partial charge on any atom is 0.0941 e. The maximum absolute atomic E-state index is 6.54. The van der Waals surface area contributed by atoms with Crippen molar-refractivity contribution in [3.8, 4) is 0 Å². The number of rotatable bonds is 3. The zero-order valence-electron chi connectivity index (χ0n) is 8.91. The first-order chi connectivity index (χ1) is 7.74. The van der Waals surface area contributed by atoms with Gasteiger partial charge < -0.3 is 0 Å². The molecule has 0 nitrogen and oxygen atoms in total. The quantitative estimate of drug-likeness (QED) is 0.665. The van der Waals surface area contributed by atoms with E-state index in [0.717, 1.165) is 10.9 Å². The number of aryl methyl sites for hydroxylation is 1. The van der Waals surface area contributed by atoms with Gasteiger partial charge in [0.1, 0.15) is 0 Å². The number of thiophene rings is 1. The summed E-state index contributed by atoms with van der Waals surface area (Å²) in [5, 5.41) is 2.01. The zero-order valence-corrected chi connectivity index (χ0v) is 12.1. The third kappa shape index (κ3) is 2.34. The standard InChI is InChI=1S/C13H12BrClS/c1-2-9-5-3-4-6-10(9)12(15)13-11(14)7-8-16-13/h3-8,12H,2H2,1H3. The molecule has 2 aromatic rings. The van der Waals surface area contributed by atoms with Crippen molar-refractivity contribution in [3.05, 3.63) is 56.2 Å². The highest BCUT2D eigenvalue weighted by Crippen LogP contribution is 2.38. The van der Waals surface area contributed by atoms with Crippen LogP contribution in [0.2, 0.25) is 0 Å². The summed E-state index contributed by atoms with van der Waals surface area (Å²) in [6.07, 6.45) is 1.02. The molecule has 84 valence electrons. The second-order valence-corrected chi connectivity index (χ2v) is 5.79. The first-order valence-electron chi connectivity index (χ1n) is 5.18. The Morgan fingerprint density at radius 1 is 1.31 bits per heavy atom. The average Bonchev–Trinajstić information content (AvgIpc) is 2.74. The molecule has 0 aliphatic carbocycles. The van der Waals surface area contributed by atoms with Gasteiger partial charge in [-0.2, -0.15) is 0 Å². The number of benzene rings is 1. The fourth-order valence-corrected chi connectivity index (χ4v) is 3.94. The summed E-state index contributed by atoms with van der Waals surface area (Å²) in [6, 6.07) is 10.4. The van der Waals surface area contributed by atoms with E-state index in [1.54, 1.807) is 11.3 Å². The van der Waals surface area contributed by atoms with Crippen LogP contribution in [0, 0.1) is 0 Å². The second-order valence-electron chi connectivity index (χ2n) is 3.55. The minimum absolute atomic E-state index is 0.0504. The minimum atomic E-state index is -0.0504. The molecule has 1 atom stereocenters. The van der Waals surface area contributed by atoms with E-state index in [1.165, 1.54) is 16.0 Å². The second kappa shape index (κ2) is 5.35. The van der Waals surface area contributed by atoms with Crippen molar-refractivity contribution in [2.45, 2.75) is 18.7 Å². The van der Waals surface area contributed by atoms with Gasteiger partial charge in [-0.3, -0.25) is 0 Å². The van der Waals surface area contributed by atoms with Crippen molar-refractivity contribution in [1.82, 2.24) is 0 Å². The van der Waals surface area contributed by atoms with Gasteiger partial charge >= 0.3 is 0 Å². The molecule has 0 N–H and O–H groups in total. The van der Waals surface area contributed by atoms with Crippen molar-refractivity contribution >= 4 is 38.9 Å². The Hall–Kier alpha value is -0.310. The molecule has 0 amide bonds. The van der Waals surface area contributed by atoms with Crippen LogP contribution in [0.25, 0.3) is 0 Å². The summed E-state index contributed by atoms with van der Waals surface area (Å²) in [4.78, 5) is 1.18. The third-order valence-corrected chi connectivity index (χ3v) is 5.10.